The molecular weight excluding hydrogens is 346 g/mol. The number of hydrogen-bond donors (Lipinski definition) is 1. The molecule has 6 nitrogen and oxygen atoms in total. The SMILES string of the molecule is Cc1ccc(C(=O)Nc2ccc(-c3nn4c(C)nnc4s3)cc2C)cc1. The summed E-state index contributed by atoms with van der Waals surface area (Å²) in [4.78, 5) is 13.2. The van der Waals surface area contributed by atoms with Crippen LogP contribution in [0, 0.1) is 20.8 Å². The van der Waals surface area contributed by atoms with E-state index in [9.17, 15) is 4.79 Å². The number of anilines is 1. The lowest BCUT2D eigenvalue weighted by Crippen LogP contribution is -2.12. The van der Waals surface area contributed by atoms with E-state index in [1.807, 2.05) is 63.2 Å². The van der Waals surface area contributed by atoms with Gasteiger partial charge in [-0.15, -0.1) is 10.2 Å². The molecule has 0 fully saturated rings. The van der Waals surface area contributed by atoms with Crippen LogP contribution in [0.3, 0.4) is 0 Å². The van der Waals surface area contributed by atoms with Crippen LogP contribution in [0.1, 0.15) is 27.3 Å². The third-order valence-electron chi connectivity index (χ3n) is 4.18. The van der Waals surface area contributed by atoms with Crippen molar-refractivity contribution in [2.24, 2.45) is 0 Å². The Hall–Kier alpha value is -3.06. The van der Waals surface area contributed by atoms with Crippen LogP contribution in [-0.4, -0.2) is 25.7 Å². The van der Waals surface area contributed by atoms with Gasteiger partial charge in [-0.25, -0.2) is 0 Å². The zero-order valence-corrected chi connectivity index (χ0v) is 15.5. The summed E-state index contributed by atoms with van der Waals surface area (Å²) in [5.74, 6) is 0.650. The standard InChI is InChI=1S/C19H17N5OS/c1-11-4-6-14(7-5-11)17(25)20-16-9-8-15(10-12(16)2)18-23-24-13(3)21-22-19(24)26-18/h4-10H,1-3H3,(H,20,25). The van der Waals surface area contributed by atoms with Crippen LogP contribution in [0.5, 0.6) is 0 Å². The fraction of sp³-hybridized carbons (Fsp3) is 0.158. The quantitative estimate of drug-likeness (QED) is 0.596. The van der Waals surface area contributed by atoms with Gasteiger partial charge in [0.15, 0.2) is 5.82 Å². The molecule has 0 bridgehead atoms. The van der Waals surface area contributed by atoms with E-state index in [4.69, 9.17) is 0 Å². The zero-order valence-electron chi connectivity index (χ0n) is 14.6. The molecule has 0 spiro atoms. The maximum absolute atomic E-state index is 12.4. The van der Waals surface area contributed by atoms with Gasteiger partial charge in [0.25, 0.3) is 5.91 Å². The molecule has 2 aromatic carbocycles. The summed E-state index contributed by atoms with van der Waals surface area (Å²) in [5.41, 5.74) is 4.53. The van der Waals surface area contributed by atoms with Crippen molar-refractivity contribution >= 4 is 27.9 Å². The van der Waals surface area contributed by atoms with Crippen molar-refractivity contribution in [3.05, 3.63) is 65.0 Å². The molecule has 2 aromatic heterocycles. The van der Waals surface area contributed by atoms with Gasteiger partial charge < -0.3 is 5.32 Å². The van der Waals surface area contributed by atoms with Gasteiger partial charge in [-0.1, -0.05) is 29.0 Å². The van der Waals surface area contributed by atoms with E-state index in [0.29, 0.717) is 5.56 Å². The number of aryl methyl sites for hydroxylation is 3. The Kier molecular flexibility index (Phi) is 4.00. The minimum Gasteiger partial charge on any atom is -0.322 e. The smallest absolute Gasteiger partial charge is 0.255 e. The highest BCUT2D eigenvalue weighted by molar-refractivity contribution is 7.19. The first-order valence-electron chi connectivity index (χ1n) is 8.19. The third-order valence-corrected chi connectivity index (χ3v) is 5.13. The first-order chi connectivity index (χ1) is 12.5. The van der Waals surface area contributed by atoms with Crippen LogP contribution in [0.25, 0.3) is 15.5 Å². The lowest BCUT2D eigenvalue weighted by Gasteiger charge is -2.10. The molecule has 0 aliphatic heterocycles. The maximum atomic E-state index is 12.4. The summed E-state index contributed by atoms with van der Waals surface area (Å²) >= 11 is 1.49. The van der Waals surface area contributed by atoms with Crippen molar-refractivity contribution in [3.8, 4) is 10.6 Å². The Morgan fingerprint density at radius 3 is 2.50 bits per heavy atom. The van der Waals surface area contributed by atoms with Crippen molar-refractivity contribution in [2.75, 3.05) is 5.32 Å². The molecule has 1 N–H and O–H groups in total. The van der Waals surface area contributed by atoms with Gasteiger partial charge in [0.05, 0.1) is 0 Å². The molecule has 26 heavy (non-hydrogen) atoms. The summed E-state index contributed by atoms with van der Waals surface area (Å²) in [6.07, 6.45) is 0. The first-order valence-corrected chi connectivity index (χ1v) is 9.01. The number of aromatic nitrogens is 4. The molecule has 0 radical (unpaired) electrons. The molecule has 0 unspecified atom stereocenters. The van der Waals surface area contributed by atoms with E-state index >= 15 is 0 Å². The van der Waals surface area contributed by atoms with Gasteiger partial charge in [0.2, 0.25) is 4.96 Å². The van der Waals surface area contributed by atoms with Gasteiger partial charge in [-0.05, 0) is 56.7 Å². The molecule has 0 saturated heterocycles. The second-order valence-electron chi connectivity index (χ2n) is 6.20. The van der Waals surface area contributed by atoms with Gasteiger partial charge in [0, 0.05) is 16.8 Å². The fourth-order valence-corrected chi connectivity index (χ4v) is 3.55. The highest BCUT2D eigenvalue weighted by Gasteiger charge is 2.13. The molecule has 0 aliphatic rings. The minimum atomic E-state index is -0.115. The van der Waals surface area contributed by atoms with Gasteiger partial charge in [0.1, 0.15) is 5.01 Å². The summed E-state index contributed by atoms with van der Waals surface area (Å²) in [6.45, 7) is 5.84. The summed E-state index contributed by atoms with van der Waals surface area (Å²) in [5, 5.41) is 16.5. The molecule has 130 valence electrons. The second kappa shape index (κ2) is 6.34. The molecule has 2 heterocycles. The number of carbonyl (C=O) groups excluding carboxylic acids is 1. The van der Waals surface area contributed by atoms with Gasteiger partial charge in [-0.3, -0.25) is 4.79 Å². The molecule has 0 atom stereocenters. The van der Waals surface area contributed by atoms with Crippen molar-refractivity contribution in [1.82, 2.24) is 19.8 Å². The van der Waals surface area contributed by atoms with Crippen molar-refractivity contribution in [1.29, 1.82) is 0 Å². The monoisotopic (exact) mass is 363 g/mol. The van der Waals surface area contributed by atoms with E-state index < -0.39 is 0 Å². The average molecular weight is 363 g/mol. The largest absolute Gasteiger partial charge is 0.322 e. The van der Waals surface area contributed by atoms with E-state index in [1.54, 1.807) is 4.52 Å². The average Bonchev–Trinajstić information content (AvgIpc) is 3.19. The van der Waals surface area contributed by atoms with E-state index in [1.165, 1.54) is 11.3 Å². The Morgan fingerprint density at radius 2 is 1.81 bits per heavy atom. The van der Waals surface area contributed by atoms with Crippen LogP contribution in [0.2, 0.25) is 0 Å². The highest BCUT2D eigenvalue weighted by Crippen LogP contribution is 2.28. The molecule has 0 aliphatic carbocycles. The summed E-state index contributed by atoms with van der Waals surface area (Å²) < 4.78 is 1.74. The first kappa shape index (κ1) is 16.4. The van der Waals surface area contributed by atoms with Gasteiger partial charge in [-0.2, -0.15) is 9.61 Å². The van der Waals surface area contributed by atoms with Gasteiger partial charge >= 0.3 is 0 Å². The van der Waals surface area contributed by atoms with Crippen LogP contribution in [-0.2, 0) is 0 Å². The van der Waals surface area contributed by atoms with Crippen molar-refractivity contribution in [3.63, 3.8) is 0 Å². The lowest BCUT2D eigenvalue weighted by molar-refractivity contribution is 0.102. The van der Waals surface area contributed by atoms with E-state index in [0.717, 1.165) is 38.2 Å². The normalized spacial score (nSPS) is 11.0. The molecular formula is C19H17N5OS. The molecule has 4 rings (SSSR count). The Morgan fingerprint density at radius 1 is 1.04 bits per heavy atom. The van der Waals surface area contributed by atoms with Crippen molar-refractivity contribution in [2.45, 2.75) is 20.8 Å². The zero-order chi connectivity index (χ0) is 18.3. The number of carbonyl (C=O) groups is 1. The Bertz CT molecular complexity index is 1110. The number of nitrogens with zero attached hydrogens (tertiary/aromatic N) is 4. The molecule has 4 aromatic rings. The Balaban J connectivity index is 1.59. The summed E-state index contributed by atoms with van der Waals surface area (Å²) in [7, 11) is 0. The van der Waals surface area contributed by atoms with Crippen LogP contribution in [0.15, 0.2) is 42.5 Å². The van der Waals surface area contributed by atoms with Crippen LogP contribution < -0.4 is 5.32 Å². The number of benzene rings is 2. The number of fused-ring (bicyclic) bond motifs is 1. The number of hydrogen-bond acceptors (Lipinski definition) is 5. The Labute approximate surface area is 154 Å². The van der Waals surface area contributed by atoms with Crippen LogP contribution >= 0.6 is 11.3 Å². The predicted molar refractivity (Wildman–Crippen MR) is 103 cm³/mol. The van der Waals surface area contributed by atoms with E-state index in [2.05, 4.69) is 20.6 Å². The predicted octanol–water partition coefficient (Wildman–Crippen LogP) is 4.03. The third kappa shape index (κ3) is 2.97. The maximum Gasteiger partial charge on any atom is 0.255 e. The summed E-state index contributed by atoms with van der Waals surface area (Å²) in [6, 6.07) is 13.4. The number of rotatable bonds is 3. The van der Waals surface area contributed by atoms with E-state index in [-0.39, 0.29) is 5.91 Å². The lowest BCUT2D eigenvalue weighted by atomic mass is 10.1. The fourth-order valence-electron chi connectivity index (χ4n) is 2.67. The molecule has 1 amide bonds. The van der Waals surface area contributed by atoms with Crippen molar-refractivity contribution < 1.29 is 4.79 Å². The number of nitrogens with one attached hydrogen (secondary N) is 1. The molecule has 7 heteroatoms. The number of amides is 1. The minimum absolute atomic E-state index is 0.115. The van der Waals surface area contributed by atoms with Crippen LogP contribution in [0.4, 0.5) is 5.69 Å². The topological polar surface area (TPSA) is 72.2 Å². The highest BCUT2D eigenvalue weighted by atomic mass is 32.1. The second-order valence-corrected chi connectivity index (χ2v) is 7.15. The molecule has 0 saturated carbocycles.